The summed E-state index contributed by atoms with van der Waals surface area (Å²) in [6.45, 7) is 5.21. The van der Waals surface area contributed by atoms with Gasteiger partial charge in [-0.25, -0.2) is 9.97 Å². The Morgan fingerprint density at radius 1 is 1.17 bits per heavy atom. The van der Waals surface area contributed by atoms with Gasteiger partial charge < -0.3 is 19.3 Å². The van der Waals surface area contributed by atoms with Gasteiger partial charge in [-0.1, -0.05) is 31.2 Å². The summed E-state index contributed by atoms with van der Waals surface area (Å²) in [5.74, 6) is 0.946. The number of nitrogens with zero attached hydrogens (tertiary/aromatic N) is 6. The average molecular weight is 555 g/mol. The maximum Gasteiger partial charge on any atom is 0.314 e. The van der Waals surface area contributed by atoms with Crippen LogP contribution in [0.25, 0.3) is 21.8 Å². The van der Waals surface area contributed by atoms with Crippen LogP contribution in [0.15, 0.2) is 55.0 Å². The van der Waals surface area contributed by atoms with Crippen LogP contribution in [-0.4, -0.2) is 64.6 Å². The van der Waals surface area contributed by atoms with Crippen molar-refractivity contribution in [3.05, 3.63) is 60.6 Å². The van der Waals surface area contributed by atoms with Crippen LogP contribution >= 0.6 is 0 Å². The smallest absolute Gasteiger partial charge is 0.314 e. The van der Waals surface area contributed by atoms with Crippen LogP contribution in [0.4, 0.5) is 5.82 Å². The van der Waals surface area contributed by atoms with Crippen LogP contribution in [0.1, 0.15) is 38.2 Å². The fourth-order valence-corrected chi connectivity index (χ4v) is 5.52. The number of piperidine rings is 1. The number of ether oxygens (including phenoxy) is 2. The zero-order valence-electron chi connectivity index (χ0n) is 23.8. The molecule has 0 radical (unpaired) electrons. The number of nitriles is 1. The van der Waals surface area contributed by atoms with Crippen molar-refractivity contribution in [1.82, 2.24) is 19.4 Å². The topological polar surface area (TPSA) is 114 Å². The molecule has 0 unspecified atom stereocenters. The van der Waals surface area contributed by atoms with E-state index in [0.29, 0.717) is 24.7 Å². The summed E-state index contributed by atoms with van der Waals surface area (Å²) < 4.78 is 12.8. The number of rotatable bonds is 8. The number of likely N-dealkylation sites (tertiary alicyclic amines) is 1. The number of carbonyl (C=O) groups is 2. The monoisotopic (exact) mass is 554 g/mol. The number of carbonyl (C=O) groups excluding carboxylic acids is 2. The maximum absolute atomic E-state index is 13.0. The Morgan fingerprint density at radius 2 is 1.95 bits per heavy atom. The fraction of sp³-hybridized carbons (Fsp3) is 0.387. The molecule has 1 aliphatic rings. The van der Waals surface area contributed by atoms with E-state index in [1.807, 2.05) is 68.7 Å². The third kappa shape index (κ3) is 5.66. The summed E-state index contributed by atoms with van der Waals surface area (Å²) in [4.78, 5) is 38.3. The Labute approximate surface area is 239 Å². The van der Waals surface area contributed by atoms with Crippen LogP contribution in [0.5, 0.6) is 5.75 Å². The SMILES string of the molecule is COc1ccc2cc([C@H](C)C(=O)OCn3ccc4c(N(C)[C@H]5CN(C(=O)CC#N)CC[C@H]5C)ncnc43)ccc2c1. The van der Waals surface area contributed by atoms with Gasteiger partial charge in [0.2, 0.25) is 5.91 Å². The average Bonchev–Trinajstić information content (AvgIpc) is 3.42. The van der Waals surface area contributed by atoms with E-state index in [0.717, 1.165) is 39.7 Å². The highest BCUT2D eigenvalue weighted by Crippen LogP contribution is 2.30. The van der Waals surface area contributed by atoms with Crippen LogP contribution < -0.4 is 9.64 Å². The summed E-state index contributed by atoms with van der Waals surface area (Å²) in [5.41, 5.74) is 1.53. The molecular weight excluding hydrogens is 520 g/mol. The van der Waals surface area contributed by atoms with Crippen molar-refractivity contribution >= 4 is 39.5 Å². The molecule has 0 spiro atoms. The number of amides is 1. The van der Waals surface area contributed by atoms with E-state index in [1.165, 1.54) is 6.33 Å². The first-order valence-electron chi connectivity index (χ1n) is 13.7. The lowest BCUT2D eigenvalue weighted by molar-refractivity contribution is -0.148. The van der Waals surface area contributed by atoms with E-state index in [9.17, 15) is 9.59 Å². The quantitative estimate of drug-likeness (QED) is 0.293. The van der Waals surface area contributed by atoms with Gasteiger partial charge in [-0.2, -0.15) is 5.26 Å². The molecule has 0 aliphatic carbocycles. The first-order valence-corrected chi connectivity index (χ1v) is 13.7. The third-order valence-electron chi connectivity index (χ3n) is 8.14. The van der Waals surface area contributed by atoms with Crippen molar-refractivity contribution in [1.29, 1.82) is 5.26 Å². The lowest BCUT2D eigenvalue weighted by Crippen LogP contribution is -2.52. The van der Waals surface area contributed by atoms with E-state index in [1.54, 1.807) is 16.6 Å². The standard InChI is InChI=1S/C31H34N6O4/c1-20-10-13-36(28(38)9-12-32)17-27(20)35(3)29-26-11-14-37(30(26)34-18-33-29)19-41-31(39)21(2)22-5-6-24-16-25(40-4)8-7-23(24)15-22/h5-8,11,14-16,18,20-21,27H,9-10,13,17,19H2,1-4H3/t20-,21+,27+/m1/s1. The first-order chi connectivity index (χ1) is 19.8. The molecule has 1 aliphatic heterocycles. The fourth-order valence-electron chi connectivity index (χ4n) is 5.52. The van der Waals surface area contributed by atoms with Gasteiger partial charge in [-0.05, 0) is 53.8 Å². The third-order valence-corrected chi connectivity index (χ3v) is 8.14. The molecule has 0 N–H and O–H groups in total. The van der Waals surface area contributed by atoms with Gasteiger partial charge >= 0.3 is 5.97 Å². The molecule has 1 amide bonds. The van der Waals surface area contributed by atoms with Crippen LogP contribution in [0.3, 0.4) is 0 Å². The first kappa shape index (κ1) is 27.9. The Balaban J connectivity index is 1.29. The Kier molecular flexibility index (Phi) is 8.06. The Hall–Kier alpha value is -4.65. The Morgan fingerprint density at radius 3 is 2.73 bits per heavy atom. The highest BCUT2D eigenvalue weighted by atomic mass is 16.5. The maximum atomic E-state index is 13.0. The summed E-state index contributed by atoms with van der Waals surface area (Å²) in [5, 5.41) is 11.8. The van der Waals surface area contributed by atoms with E-state index in [-0.39, 0.29) is 31.1 Å². The van der Waals surface area contributed by atoms with Gasteiger partial charge in [-0.15, -0.1) is 0 Å². The minimum Gasteiger partial charge on any atom is -0.497 e. The predicted octanol–water partition coefficient (Wildman–Crippen LogP) is 4.48. The minimum atomic E-state index is -0.445. The molecule has 1 fully saturated rings. The van der Waals surface area contributed by atoms with Gasteiger partial charge in [0.05, 0.1) is 30.5 Å². The number of anilines is 1. The highest BCUT2D eigenvalue weighted by molar-refractivity contribution is 5.89. The summed E-state index contributed by atoms with van der Waals surface area (Å²) >= 11 is 0. The molecule has 3 atom stereocenters. The molecular formula is C31H34N6O4. The number of methoxy groups -OCH3 is 1. The predicted molar refractivity (Wildman–Crippen MR) is 155 cm³/mol. The number of benzene rings is 2. The lowest BCUT2D eigenvalue weighted by atomic mass is 9.92. The number of hydrogen-bond donors (Lipinski definition) is 0. The van der Waals surface area contributed by atoms with Crippen LogP contribution in [0.2, 0.25) is 0 Å². The van der Waals surface area contributed by atoms with Crippen molar-refractivity contribution in [3.8, 4) is 11.8 Å². The number of aromatic nitrogens is 3. The van der Waals surface area contributed by atoms with Gasteiger partial charge in [0.15, 0.2) is 6.73 Å². The van der Waals surface area contributed by atoms with E-state index >= 15 is 0 Å². The number of likely N-dealkylation sites (N-methyl/N-ethyl adjacent to an activating group) is 1. The number of fused-ring (bicyclic) bond motifs is 2. The molecule has 5 rings (SSSR count). The molecule has 10 nitrogen and oxygen atoms in total. The molecule has 2 aromatic carbocycles. The molecule has 0 saturated carbocycles. The molecule has 10 heteroatoms. The van der Waals surface area contributed by atoms with Gasteiger partial charge in [0.25, 0.3) is 0 Å². The minimum absolute atomic E-state index is 0.0217. The number of hydrogen-bond acceptors (Lipinski definition) is 8. The summed E-state index contributed by atoms with van der Waals surface area (Å²) in [6, 6.07) is 15.7. The molecule has 212 valence electrons. The molecule has 41 heavy (non-hydrogen) atoms. The van der Waals surface area contributed by atoms with Gasteiger partial charge in [0.1, 0.15) is 30.0 Å². The molecule has 3 heterocycles. The van der Waals surface area contributed by atoms with Gasteiger partial charge in [0, 0.05) is 26.3 Å². The second-order valence-electron chi connectivity index (χ2n) is 10.6. The normalized spacial score (nSPS) is 17.7. The van der Waals surface area contributed by atoms with Crippen molar-refractivity contribution in [3.63, 3.8) is 0 Å². The molecule has 0 bridgehead atoms. The van der Waals surface area contributed by atoms with Crippen molar-refractivity contribution < 1.29 is 19.1 Å². The Bertz CT molecular complexity index is 1630. The van der Waals surface area contributed by atoms with E-state index in [2.05, 4.69) is 21.8 Å². The molecule has 4 aromatic rings. The molecule has 1 saturated heterocycles. The zero-order chi connectivity index (χ0) is 29.1. The van der Waals surface area contributed by atoms with E-state index < -0.39 is 5.92 Å². The number of esters is 1. The largest absolute Gasteiger partial charge is 0.497 e. The zero-order valence-corrected chi connectivity index (χ0v) is 23.8. The van der Waals surface area contributed by atoms with Crippen LogP contribution in [-0.2, 0) is 21.1 Å². The van der Waals surface area contributed by atoms with Crippen molar-refractivity contribution in [2.45, 2.75) is 45.4 Å². The highest BCUT2D eigenvalue weighted by Gasteiger charge is 2.32. The van der Waals surface area contributed by atoms with Crippen LogP contribution in [0, 0.1) is 17.2 Å². The molecule has 2 aromatic heterocycles. The van der Waals surface area contributed by atoms with Crippen molar-refractivity contribution in [2.75, 3.05) is 32.1 Å². The lowest BCUT2D eigenvalue weighted by Gasteiger charge is -2.42. The summed E-state index contributed by atoms with van der Waals surface area (Å²) in [7, 11) is 3.61. The van der Waals surface area contributed by atoms with Crippen molar-refractivity contribution in [2.24, 2.45) is 5.92 Å². The van der Waals surface area contributed by atoms with Gasteiger partial charge in [-0.3, -0.25) is 14.2 Å². The second kappa shape index (κ2) is 11.8. The second-order valence-corrected chi connectivity index (χ2v) is 10.6. The summed E-state index contributed by atoms with van der Waals surface area (Å²) in [6.07, 6.45) is 4.08. The van der Waals surface area contributed by atoms with E-state index in [4.69, 9.17) is 14.7 Å².